The van der Waals surface area contributed by atoms with Gasteiger partial charge in [0.2, 0.25) is 5.95 Å². The fourth-order valence-corrected chi connectivity index (χ4v) is 1.44. The number of hydrogen-bond acceptors (Lipinski definition) is 4. The van der Waals surface area contributed by atoms with Crippen molar-refractivity contribution in [2.75, 3.05) is 17.2 Å². The van der Waals surface area contributed by atoms with Crippen molar-refractivity contribution in [3.05, 3.63) is 12.3 Å². The van der Waals surface area contributed by atoms with E-state index >= 15 is 0 Å². The highest BCUT2D eigenvalue weighted by molar-refractivity contribution is 5.40. The van der Waals surface area contributed by atoms with E-state index in [0.29, 0.717) is 12.0 Å². The number of anilines is 2. The summed E-state index contributed by atoms with van der Waals surface area (Å²) < 4.78 is 0. The summed E-state index contributed by atoms with van der Waals surface area (Å²) in [6.07, 6.45) is 4.10. The van der Waals surface area contributed by atoms with Gasteiger partial charge in [-0.05, 0) is 26.3 Å². The van der Waals surface area contributed by atoms with Gasteiger partial charge in [0, 0.05) is 18.8 Å². The van der Waals surface area contributed by atoms with Crippen LogP contribution in [0.25, 0.3) is 0 Å². The molecule has 2 N–H and O–H groups in total. The van der Waals surface area contributed by atoms with Gasteiger partial charge in [-0.15, -0.1) is 0 Å². The SMILES string of the molecule is CCCC(C)Nc1ccnc(NCC)n1. The third-order valence-corrected chi connectivity index (χ3v) is 2.11. The van der Waals surface area contributed by atoms with E-state index in [2.05, 4.69) is 34.4 Å². The van der Waals surface area contributed by atoms with E-state index in [-0.39, 0.29) is 0 Å². The van der Waals surface area contributed by atoms with Crippen LogP contribution in [0.15, 0.2) is 12.3 Å². The van der Waals surface area contributed by atoms with E-state index in [1.54, 1.807) is 6.20 Å². The van der Waals surface area contributed by atoms with Gasteiger partial charge >= 0.3 is 0 Å². The molecule has 0 aromatic carbocycles. The maximum atomic E-state index is 4.35. The van der Waals surface area contributed by atoms with Crippen LogP contribution in [0.2, 0.25) is 0 Å². The van der Waals surface area contributed by atoms with Gasteiger partial charge in [-0.3, -0.25) is 0 Å². The molecule has 0 saturated heterocycles. The zero-order valence-electron chi connectivity index (χ0n) is 9.75. The Hall–Kier alpha value is -1.32. The molecular weight excluding hydrogens is 188 g/mol. The Morgan fingerprint density at radius 2 is 2.20 bits per heavy atom. The van der Waals surface area contributed by atoms with Crippen molar-refractivity contribution in [3.8, 4) is 0 Å². The average Bonchev–Trinajstić information content (AvgIpc) is 2.19. The summed E-state index contributed by atoms with van der Waals surface area (Å²) in [5, 5.41) is 6.44. The van der Waals surface area contributed by atoms with Gasteiger partial charge in [-0.2, -0.15) is 4.98 Å². The number of rotatable bonds is 6. The summed E-state index contributed by atoms with van der Waals surface area (Å²) in [5.41, 5.74) is 0. The minimum absolute atomic E-state index is 0.458. The molecule has 1 aromatic heterocycles. The highest BCUT2D eigenvalue weighted by atomic mass is 15.1. The molecule has 4 nitrogen and oxygen atoms in total. The van der Waals surface area contributed by atoms with Gasteiger partial charge in [0.05, 0.1) is 0 Å². The van der Waals surface area contributed by atoms with Crippen LogP contribution >= 0.6 is 0 Å². The van der Waals surface area contributed by atoms with E-state index < -0.39 is 0 Å². The second kappa shape index (κ2) is 6.22. The molecule has 0 aliphatic rings. The predicted octanol–water partition coefficient (Wildman–Crippen LogP) is 2.51. The quantitative estimate of drug-likeness (QED) is 0.754. The Kier molecular flexibility index (Phi) is 4.87. The molecular formula is C11H20N4. The summed E-state index contributed by atoms with van der Waals surface area (Å²) in [6, 6.07) is 2.35. The smallest absolute Gasteiger partial charge is 0.224 e. The van der Waals surface area contributed by atoms with Gasteiger partial charge in [-0.25, -0.2) is 4.98 Å². The highest BCUT2D eigenvalue weighted by Gasteiger charge is 2.02. The minimum Gasteiger partial charge on any atom is -0.367 e. The zero-order valence-corrected chi connectivity index (χ0v) is 9.75. The van der Waals surface area contributed by atoms with Crippen molar-refractivity contribution >= 4 is 11.8 Å². The normalized spacial score (nSPS) is 12.2. The summed E-state index contributed by atoms with van der Waals surface area (Å²) in [5.74, 6) is 1.58. The van der Waals surface area contributed by atoms with Crippen LogP contribution in [0.3, 0.4) is 0 Å². The Balaban J connectivity index is 2.56. The van der Waals surface area contributed by atoms with Crippen molar-refractivity contribution in [3.63, 3.8) is 0 Å². The fourth-order valence-electron chi connectivity index (χ4n) is 1.44. The van der Waals surface area contributed by atoms with Crippen LogP contribution in [0.1, 0.15) is 33.6 Å². The number of aromatic nitrogens is 2. The molecule has 15 heavy (non-hydrogen) atoms. The second-order valence-corrected chi connectivity index (χ2v) is 3.63. The standard InChI is InChI=1S/C11H20N4/c1-4-6-9(3)14-10-7-8-13-11(15-10)12-5-2/h7-9H,4-6H2,1-3H3,(H2,12,13,14,15). The first-order valence-corrected chi connectivity index (χ1v) is 5.59. The van der Waals surface area contributed by atoms with Crippen LogP contribution in [0.4, 0.5) is 11.8 Å². The van der Waals surface area contributed by atoms with Gasteiger partial charge < -0.3 is 10.6 Å². The van der Waals surface area contributed by atoms with E-state index in [1.807, 2.05) is 13.0 Å². The van der Waals surface area contributed by atoms with E-state index in [9.17, 15) is 0 Å². The molecule has 0 fully saturated rings. The van der Waals surface area contributed by atoms with Crippen LogP contribution in [-0.4, -0.2) is 22.6 Å². The van der Waals surface area contributed by atoms with Crippen molar-refractivity contribution < 1.29 is 0 Å². The van der Waals surface area contributed by atoms with Crippen LogP contribution in [0, 0.1) is 0 Å². The zero-order chi connectivity index (χ0) is 11.1. The third-order valence-electron chi connectivity index (χ3n) is 2.11. The first-order chi connectivity index (χ1) is 7.26. The number of hydrogen-bond donors (Lipinski definition) is 2. The Bertz CT molecular complexity index is 288. The molecule has 0 aliphatic carbocycles. The van der Waals surface area contributed by atoms with Crippen molar-refractivity contribution in [2.45, 2.75) is 39.7 Å². The predicted molar refractivity (Wildman–Crippen MR) is 64.2 cm³/mol. The molecule has 1 atom stereocenters. The largest absolute Gasteiger partial charge is 0.367 e. The molecule has 0 saturated carbocycles. The van der Waals surface area contributed by atoms with Crippen molar-refractivity contribution in [2.24, 2.45) is 0 Å². The van der Waals surface area contributed by atoms with Crippen LogP contribution in [-0.2, 0) is 0 Å². The lowest BCUT2D eigenvalue weighted by atomic mass is 10.2. The second-order valence-electron chi connectivity index (χ2n) is 3.63. The molecule has 1 unspecified atom stereocenters. The lowest BCUT2D eigenvalue weighted by Gasteiger charge is -2.13. The summed E-state index contributed by atoms with van der Waals surface area (Å²) in [4.78, 5) is 8.47. The average molecular weight is 208 g/mol. The Morgan fingerprint density at radius 3 is 2.87 bits per heavy atom. The Morgan fingerprint density at radius 1 is 1.40 bits per heavy atom. The lowest BCUT2D eigenvalue weighted by Crippen LogP contribution is -2.16. The molecule has 1 heterocycles. The molecule has 84 valence electrons. The third kappa shape index (κ3) is 4.14. The first kappa shape index (κ1) is 11.8. The molecule has 0 amide bonds. The van der Waals surface area contributed by atoms with Crippen LogP contribution < -0.4 is 10.6 Å². The highest BCUT2D eigenvalue weighted by Crippen LogP contribution is 2.09. The topological polar surface area (TPSA) is 49.8 Å². The molecule has 4 heteroatoms. The fraction of sp³-hybridized carbons (Fsp3) is 0.636. The van der Waals surface area contributed by atoms with E-state index in [1.165, 1.54) is 6.42 Å². The molecule has 0 bridgehead atoms. The van der Waals surface area contributed by atoms with Gasteiger partial charge in [0.25, 0.3) is 0 Å². The molecule has 0 spiro atoms. The minimum atomic E-state index is 0.458. The number of nitrogens with one attached hydrogen (secondary N) is 2. The van der Waals surface area contributed by atoms with Crippen LogP contribution in [0.5, 0.6) is 0 Å². The van der Waals surface area contributed by atoms with Gasteiger partial charge in [0.1, 0.15) is 5.82 Å². The summed E-state index contributed by atoms with van der Waals surface area (Å²) in [7, 11) is 0. The summed E-state index contributed by atoms with van der Waals surface area (Å²) in [6.45, 7) is 7.22. The maximum absolute atomic E-state index is 4.35. The van der Waals surface area contributed by atoms with E-state index in [4.69, 9.17) is 0 Å². The molecule has 0 radical (unpaired) electrons. The monoisotopic (exact) mass is 208 g/mol. The Labute approximate surface area is 91.5 Å². The maximum Gasteiger partial charge on any atom is 0.224 e. The van der Waals surface area contributed by atoms with Gasteiger partial charge in [0.15, 0.2) is 0 Å². The van der Waals surface area contributed by atoms with Gasteiger partial charge in [-0.1, -0.05) is 13.3 Å². The molecule has 1 aromatic rings. The molecule has 1 rings (SSSR count). The number of nitrogens with zero attached hydrogens (tertiary/aromatic N) is 2. The van der Waals surface area contributed by atoms with E-state index in [0.717, 1.165) is 18.8 Å². The lowest BCUT2D eigenvalue weighted by molar-refractivity contribution is 0.687. The first-order valence-electron chi connectivity index (χ1n) is 5.59. The molecule has 0 aliphatic heterocycles. The van der Waals surface area contributed by atoms with Crippen molar-refractivity contribution in [1.29, 1.82) is 0 Å². The summed E-state index contributed by atoms with van der Waals surface area (Å²) >= 11 is 0. The van der Waals surface area contributed by atoms with Crippen molar-refractivity contribution in [1.82, 2.24) is 9.97 Å².